The molecular formula is C13H8Br2ClN3S. The van der Waals surface area contributed by atoms with Crippen molar-refractivity contribution in [2.24, 2.45) is 0 Å². The minimum atomic E-state index is 0.574. The number of thiazole rings is 1. The van der Waals surface area contributed by atoms with Crippen LogP contribution in [0.5, 0.6) is 0 Å². The Kier molecular flexibility index (Phi) is 4.26. The van der Waals surface area contributed by atoms with E-state index in [1.807, 2.05) is 23.7 Å². The molecule has 2 heterocycles. The van der Waals surface area contributed by atoms with Gasteiger partial charge in [-0.3, -0.25) is 4.98 Å². The van der Waals surface area contributed by atoms with Gasteiger partial charge in [-0.25, -0.2) is 4.98 Å². The fraction of sp³-hybridized carbons (Fsp3) is 0.0769. The maximum Gasteiger partial charge on any atom is 0.106 e. The van der Waals surface area contributed by atoms with Gasteiger partial charge in [0.05, 0.1) is 33.2 Å². The lowest BCUT2D eigenvalue weighted by Gasteiger charge is -2.10. The Morgan fingerprint density at radius 1 is 1.25 bits per heavy atom. The van der Waals surface area contributed by atoms with Crippen LogP contribution in [0.15, 0.2) is 38.9 Å². The summed E-state index contributed by atoms with van der Waals surface area (Å²) in [5.74, 6) is 0. The number of nitrogens with one attached hydrogen (secondary N) is 1. The van der Waals surface area contributed by atoms with Gasteiger partial charge in [0.15, 0.2) is 0 Å². The molecule has 7 heteroatoms. The molecule has 0 radical (unpaired) electrons. The van der Waals surface area contributed by atoms with Crippen molar-refractivity contribution in [1.29, 1.82) is 0 Å². The van der Waals surface area contributed by atoms with E-state index in [1.165, 1.54) is 0 Å². The highest BCUT2D eigenvalue weighted by Gasteiger charge is 2.10. The van der Waals surface area contributed by atoms with E-state index in [-0.39, 0.29) is 0 Å². The molecule has 0 aliphatic rings. The normalized spacial score (nSPS) is 10.9. The zero-order valence-corrected chi connectivity index (χ0v) is 14.8. The smallest absolute Gasteiger partial charge is 0.106 e. The van der Waals surface area contributed by atoms with Crippen LogP contribution in [-0.4, -0.2) is 9.97 Å². The van der Waals surface area contributed by atoms with Gasteiger partial charge in [0.2, 0.25) is 0 Å². The molecule has 0 saturated heterocycles. The van der Waals surface area contributed by atoms with Crippen molar-refractivity contribution in [3.8, 4) is 0 Å². The van der Waals surface area contributed by atoms with Gasteiger partial charge in [0.25, 0.3) is 0 Å². The molecule has 102 valence electrons. The minimum absolute atomic E-state index is 0.574. The van der Waals surface area contributed by atoms with Crippen molar-refractivity contribution in [2.75, 3.05) is 5.32 Å². The van der Waals surface area contributed by atoms with E-state index in [9.17, 15) is 0 Å². The highest BCUT2D eigenvalue weighted by atomic mass is 79.9. The minimum Gasteiger partial charge on any atom is -0.376 e. The molecule has 0 atom stereocenters. The van der Waals surface area contributed by atoms with Crippen molar-refractivity contribution >= 4 is 70.7 Å². The predicted molar refractivity (Wildman–Crippen MR) is 91.6 cm³/mol. The average molecular weight is 434 g/mol. The summed E-state index contributed by atoms with van der Waals surface area (Å²) in [6.07, 6.45) is 1.77. The van der Waals surface area contributed by atoms with E-state index in [0.29, 0.717) is 11.6 Å². The third-order valence-corrected chi connectivity index (χ3v) is 5.00. The SMILES string of the molecule is Clc1ccc2scnc2c1NCc1ncc(Br)cc1Br. The van der Waals surface area contributed by atoms with Gasteiger partial charge in [0, 0.05) is 15.1 Å². The Bertz CT molecular complexity index is 775. The number of aromatic nitrogens is 2. The molecule has 3 rings (SSSR count). The second kappa shape index (κ2) is 5.97. The van der Waals surface area contributed by atoms with Crippen LogP contribution in [0, 0.1) is 0 Å². The van der Waals surface area contributed by atoms with Crippen LogP contribution in [0.3, 0.4) is 0 Å². The molecular weight excluding hydrogens is 425 g/mol. The van der Waals surface area contributed by atoms with E-state index >= 15 is 0 Å². The van der Waals surface area contributed by atoms with Crippen LogP contribution in [-0.2, 0) is 6.54 Å². The van der Waals surface area contributed by atoms with Crippen molar-refractivity contribution in [1.82, 2.24) is 9.97 Å². The van der Waals surface area contributed by atoms with E-state index in [1.54, 1.807) is 17.5 Å². The summed E-state index contributed by atoms with van der Waals surface area (Å²) < 4.78 is 2.99. The molecule has 0 bridgehead atoms. The highest BCUT2D eigenvalue weighted by Crippen LogP contribution is 2.32. The van der Waals surface area contributed by atoms with Gasteiger partial charge in [-0.05, 0) is 50.1 Å². The quantitative estimate of drug-likeness (QED) is 0.594. The number of pyridine rings is 1. The molecule has 0 amide bonds. The average Bonchev–Trinajstić information content (AvgIpc) is 2.88. The van der Waals surface area contributed by atoms with Gasteiger partial charge in [-0.15, -0.1) is 11.3 Å². The number of rotatable bonds is 3. The Morgan fingerprint density at radius 2 is 2.10 bits per heavy atom. The Labute approximate surface area is 141 Å². The summed E-state index contributed by atoms with van der Waals surface area (Å²) in [6.45, 7) is 0.574. The first kappa shape index (κ1) is 14.3. The van der Waals surface area contributed by atoms with Crippen LogP contribution in [0.25, 0.3) is 10.2 Å². The number of nitrogens with zero attached hydrogens (tertiary/aromatic N) is 2. The standard InChI is InChI=1S/C13H8Br2ClN3S/c14-7-3-8(15)10(17-4-7)5-18-12-9(16)1-2-11-13(12)19-6-20-11/h1-4,6,18H,5H2. The van der Waals surface area contributed by atoms with E-state index in [0.717, 1.165) is 30.5 Å². The first-order chi connectivity index (χ1) is 9.65. The van der Waals surface area contributed by atoms with E-state index < -0.39 is 0 Å². The summed E-state index contributed by atoms with van der Waals surface area (Å²) in [5.41, 5.74) is 4.48. The van der Waals surface area contributed by atoms with Crippen LogP contribution < -0.4 is 5.32 Å². The number of halogens is 3. The molecule has 0 aliphatic carbocycles. The van der Waals surface area contributed by atoms with Crippen LogP contribution in [0.2, 0.25) is 5.02 Å². The van der Waals surface area contributed by atoms with Gasteiger partial charge >= 0.3 is 0 Å². The second-order valence-corrected chi connectivity index (χ2v) is 7.12. The molecule has 1 N–H and O–H groups in total. The summed E-state index contributed by atoms with van der Waals surface area (Å²) in [7, 11) is 0. The molecule has 3 aromatic rings. The van der Waals surface area contributed by atoms with Crippen molar-refractivity contribution in [3.63, 3.8) is 0 Å². The lowest BCUT2D eigenvalue weighted by Crippen LogP contribution is -2.03. The number of hydrogen-bond donors (Lipinski definition) is 1. The molecule has 0 fully saturated rings. The summed E-state index contributed by atoms with van der Waals surface area (Å²) >= 11 is 14.7. The van der Waals surface area contributed by atoms with Gasteiger partial charge in [0.1, 0.15) is 5.52 Å². The number of anilines is 1. The molecule has 3 nitrogen and oxygen atoms in total. The number of hydrogen-bond acceptors (Lipinski definition) is 4. The van der Waals surface area contributed by atoms with Crippen LogP contribution in [0.4, 0.5) is 5.69 Å². The lowest BCUT2D eigenvalue weighted by atomic mass is 10.2. The van der Waals surface area contributed by atoms with Crippen molar-refractivity contribution < 1.29 is 0 Å². The Balaban J connectivity index is 1.90. The third kappa shape index (κ3) is 2.83. The van der Waals surface area contributed by atoms with Gasteiger partial charge in [-0.1, -0.05) is 11.6 Å². The molecule has 20 heavy (non-hydrogen) atoms. The maximum atomic E-state index is 6.25. The largest absolute Gasteiger partial charge is 0.376 e. The molecule has 0 spiro atoms. The first-order valence-electron chi connectivity index (χ1n) is 5.70. The van der Waals surface area contributed by atoms with Crippen LogP contribution >= 0.6 is 54.8 Å². The highest BCUT2D eigenvalue weighted by molar-refractivity contribution is 9.11. The molecule has 0 saturated carbocycles. The first-order valence-corrected chi connectivity index (χ1v) is 8.55. The topological polar surface area (TPSA) is 37.8 Å². The van der Waals surface area contributed by atoms with E-state index in [4.69, 9.17) is 11.6 Å². The zero-order chi connectivity index (χ0) is 14.1. The fourth-order valence-corrected chi connectivity index (χ4v) is 3.85. The van der Waals surface area contributed by atoms with Gasteiger partial charge < -0.3 is 5.32 Å². The summed E-state index contributed by atoms with van der Waals surface area (Å²) in [5, 5.41) is 3.99. The maximum absolute atomic E-state index is 6.25. The van der Waals surface area contributed by atoms with Gasteiger partial charge in [-0.2, -0.15) is 0 Å². The molecule has 2 aromatic heterocycles. The summed E-state index contributed by atoms with van der Waals surface area (Å²) in [6, 6.07) is 5.83. The van der Waals surface area contributed by atoms with Crippen molar-refractivity contribution in [2.45, 2.75) is 6.54 Å². The third-order valence-electron chi connectivity index (χ3n) is 2.77. The van der Waals surface area contributed by atoms with E-state index in [2.05, 4.69) is 47.1 Å². The van der Waals surface area contributed by atoms with Crippen LogP contribution in [0.1, 0.15) is 5.69 Å². The monoisotopic (exact) mass is 431 g/mol. The Morgan fingerprint density at radius 3 is 2.90 bits per heavy atom. The number of benzene rings is 1. The predicted octanol–water partition coefficient (Wildman–Crippen LogP) is 5.48. The Hall–Kier alpha value is -0.690. The van der Waals surface area contributed by atoms with Crippen molar-refractivity contribution in [3.05, 3.63) is 49.6 Å². The molecule has 1 aromatic carbocycles. The molecule has 0 aliphatic heterocycles. The fourth-order valence-electron chi connectivity index (χ4n) is 1.82. The zero-order valence-electron chi connectivity index (χ0n) is 10.0. The second-order valence-electron chi connectivity index (χ2n) is 4.06. The summed E-state index contributed by atoms with van der Waals surface area (Å²) in [4.78, 5) is 8.73. The number of fused-ring (bicyclic) bond motifs is 1. The lowest BCUT2D eigenvalue weighted by molar-refractivity contribution is 1.03. The molecule has 0 unspecified atom stereocenters.